The van der Waals surface area contributed by atoms with Crippen LogP contribution in [-0.2, 0) is 0 Å². The third-order valence-corrected chi connectivity index (χ3v) is 4.59. The molecule has 1 aromatic rings. The molecule has 1 aromatic carbocycles. The lowest BCUT2D eigenvalue weighted by molar-refractivity contribution is 0.0953. The molecular weight excluding hydrogens is 358 g/mol. The van der Waals surface area contributed by atoms with Gasteiger partial charge in [-0.15, -0.1) is 0 Å². The number of nitrogens with zero attached hydrogens (tertiary/aromatic N) is 2. The van der Waals surface area contributed by atoms with Gasteiger partial charge in [-0.1, -0.05) is 0 Å². The van der Waals surface area contributed by atoms with Crippen molar-refractivity contribution < 1.29 is 19.0 Å². The molecule has 0 aromatic heterocycles. The van der Waals surface area contributed by atoms with Crippen molar-refractivity contribution in [1.82, 2.24) is 10.3 Å². The van der Waals surface area contributed by atoms with Gasteiger partial charge < -0.3 is 19.1 Å². The molecule has 1 saturated heterocycles. The van der Waals surface area contributed by atoms with Crippen molar-refractivity contribution >= 4 is 11.6 Å². The van der Waals surface area contributed by atoms with Crippen molar-refractivity contribution in [2.45, 2.75) is 53.5 Å². The van der Waals surface area contributed by atoms with E-state index in [9.17, 15) is 4.79 Å². The van der Waals surface area contributed by atoms with Crippen LogP contribution >= 0.6 is 0 Å². The van der Waals surface area contributed by atoms with Gasteiger partial charge in [-0.25, -0.2) is 5.43 Å². The summed E-state index contributed by atoms with van der Waals surface area (Å²) in [5.74, 6) is 1.23. The first kappa shape index (κ1) is 22.0. The Labute approximate surface area is 168 Å². The number of hydrazone groups is 1. The van der Waals surface area contributed by atoms with Gasteiger partial charge in [0.1, 0.15) is 0 Å². The summed E-state index contributed by atoms with van der Waals surface area (Å²) >= 11 is 0. The molecule has 1 aliphatic rings. The topological polar surface area (TPSA) is 72.4 Å². The van der Waals surface area contributed by atoms with Gasteiger partial charge in [-0.3, -0.25) is 4.79 Å². The first-order valence-corrected chi connectivity index (χ1v) is 10.2. The Morgan fingerprint density at radius 3 is 2.04 bits per heavy atom. The summed E-state index contributed by atoms with van der Waals surface area (Å²) in [5, 5.41) is 4.34. The summed E-state index contributed by atoms with van der Waals surface area (Å²) in [4.78, 5) is 15.1. The number of benzene rings is 1. The summed E-state index contributed by atoms with van der Waals surface area (Å²) in [7, 11) is 0. The zero-order valence-corrected chi connectivity index (χ0v) is 17.7. The van der Waals surface area contributed by atoms with Gasteiger partial charge in [0.2, 0.25) is 5.75 Å². The largest absolute Gasteiger partial charge is 0.490 e. The molecule has 28 heavy (non-hydrogen) atoms. The SMILES string of the molecule is CCOc1cc(C(=O)NN=C2CCN(C(C)C)CC2)cc(OCC)c1OCC. The molecule has 156 valence electrons. The zero-order valence-electron chi connectivity index (χ0n) is 17.7. The highest BCUT2D eigenvalue weighted by atomic mass is 16.5. The van der Waals surface area contributed by atoms with E-state index in [1.165, 1.54) is 0 Å². The standard InChI is InChI=1S/C21H33N3O4/c1-6-26-18-13-16(14-19(27-7-2)20(18)28-8-3)21(25)23-22-17-9-11-24(12-10-17)15(4)5/h13-15H,6-12H2,1-5H3,(H,23,25). The van der Waals surface area contributed by atoms with Crippen molar-refractivity contribution in [3.05, 3.63) is 17.7 Å². The lowest BCUT2D eigenvalue weighted by Gasteiger charge is -2.30. The van der Waals surface area contributed by atoms with Crippen LogP contribution in [0.4, 0.5) is 0 Å². The van der Waals surface area contributed by atoms with Crippen LogP contribution in [0.3, 0.4) is 0 Å². The fraction of sp³-hybridized carbons (Fsp3) is 0.619. The fourth-order valence-electron chi connectivity index (χ4n) is 3.12. The molecule has 1 heterocycles. The average molecular weight is 392 g/mol. The first-order chi connectivity index (χ1) is 13.5. The summed E-state index contributed by atoms with van der Waals surface area (Å²) in [6, 6.07) is 3.89. The molecule has 1 amide bonds. The second-order valence-electron chi connectivity index (χ2n) is 6.85. The average Bonchev–Trinajstić information content (AvgIpc) is 2.69. The van der Waals surface area contributed by atoms with Crippen LogP contribution in [0.5, 0.6) is 17.2 Å². The molecule has 1 N–H and O–H groups in total. The van der Waals surface area contributed by atoms with Crippen LogP contribution in [0.2, 0.25) is 0 Å². The molecule has 0 atom stereocenters. The van der Waals surface area contributed by atoms with Crippen LogP contribution in [0.15, 0.2) is 17.2 Å². The lowest BCUT2D eigenvalue weighted by Crippen LogP contribution is -2.39. The van der Waals surface area contributed by atoms with Gasteiger partial charge in [0.25, 0.3) is 5.91 Å². The van der Waals surface area contributed by atoms with Crippen molar-refractivity contribution in [2.24, 2.45) is 5.10 Å². The Morgan fingerprint density at radius 1 is 1.04 bits per heavy atom. The number of ether oxygens (including phenoxy) is 3. The van der Waals surface area contributed by atoms with Crippen molar-refractivity contribution in [1.29, 1.82) is 0 Å². The van der Waals surface area contributed by atoms with Crippen molar-refractivity contribution in [3.63, 3.8) is 0 Å². The van der Waals surface area contributed by atoms with Crippen molar-refractivity contribution in [2.75, 3.05) is 32.9 Å². The molecular formula is C21H33N3O4. The quantitative estimate of drug-likeness (QED) is 0.653. The highest BCUT2D eigenvalue weighted by Crippen LogP contribution is 2.39. The predicted octanol–water partition coefficient (Wildman–Crippen LogP) is 3.47. The van der Waals surface area contributed by atoms with Gasteiger partial charge in [-0.2, -0.15) is 5.10 Å². The second-order valence-corrected chi connectivity index (χ2v) is 6.85. The summed E-state index contributed by atoms with van der Waals surface area (Å²) in [6.45, 7) is 13.4. The molecule has 0 unspecified atom stereocenters. The van der Waals surface area contributed by atoms with E-state index in [1.54, 1.807) is 12.1 Å². The third kappa shape index (κ3) is 5.86. The van der Waals surface area contributed by atoms with E-state index >= 15 is 0 Å². The first-order valence-electron chi connectivity index (χ1n) is 10.2. The maximum absolute atomic E-state index is 12.7. The van der Waals surface area contributed by atoms with E-state index in [0.29, 0.717) is 48.7 Å². The highest BCUT2D eigenvalue weighted by Gasteiger charge is 2.20. The molecule has 7 nitrogen and oxygen atoms in total. The summed E-state index contributed by atoms with van der Waals surface area (Å²) < 4.78 is 17.0. The number of rotatable bonds is 9. The Balaban J connectivity index is 2.14. The number of hydrogen-bond acceptors (Lipinski definition) is 6. The predicted molar refractivity (Wildman–Crippen MR) is 111 cm³/mol. The molecule has 1 fully saturated rings. The van der Waals surface area contributed by atoms with Gasteiger partial charge >= 0.3 is 0 Å². The summed E-state index contributed by atoms with van der Waals surface area (Å²) in [6.07, 6.45) is 1.74. The number of likely N-dealkylation sites (tertiary alicyclic amines) is 1. The van der Waals surface area contributed by atoms with Crippen LogP contribution in [0.25, 0.3) is 0 Å². The maximum atomic E-state index is 12.7. The Bertz CT molecular complexity index is 651. The molecule has 7 heteroatoms. The number of piperidine rings is 1. The fourth-order valence-corrected chi connectivity index (χ4v) is 3.12. The molecule has 0 bridgehead atoms. The van der Waals surface area contributed by atoms with Crippen molar-refractivity contribution in [3.8, 4) is 17.2 Å². The number of carbonyl (C=O) groups excluding carboxylic acids is 1. The number of amides is 1. The zero-order chi connectivity index (χ0) is 20.5. The smallest absolute Gasteiger partial charge is 0.271 e. The van der Waals surface area contributed by atoms with Crippen LogP contribution in [0, 0.1) is 0 Å². The Morgan fingerprint density at radius 2 is 1.57 bits per heavy atom. The minimum absolute atomic E-state index is 0.288. The Hall–Kier alpha value is -2.28. The van der Waals surface area contributed by atoms with Gasteiger partial charge in [0, 0.05) is 43.2 Å². The van der Waals surface area contributed by atoms with Crippen LogP contribution in [0.1, 0.15) is 57.8 Å². The van der Waals surface area contributed by atoms with Gasteiger partial charge in [-0.05, 0) is 46.8 Å². The third-order valence-electron chi connectivity index (χ3n) is 4.59. The van der Waals surface area contributed by atoms with Gasteiger partial charge in [0.15, 0.2) is 11.5 Å². The van der Waals surface area contributed by atoms with E-state index in [2.05, 4.69) is 29.3 Å². The van der Waals surface area contributed by atoms with E-state index in [0.717, 1.165) is 31.6 Å². The molecule has 0 aliphatic carbocycles. The molecule has 0 radical (unpaired) electrons. The van der Waals surface area contributed by atoms with Gasteiger partial charge in [0.05, 0.1) is 19.8 Å². The van der Waals surface area contributed by atoms with E-state index in [1.807, 2.05) is 20.8 Å². The van der Waals surface area contributed by atoms with Crippen LogP contribution in [-0.4, -0.2) is 55.5 Å². The number of hydrogen-bond donors (Lipinski definition) is 1. The van der Waals surface area contributed by atoms with E-state index in [4.69, 9.17) is 14.2 Å². The van der Waals surface area contributed by atoms with E-state index < -0.39 is 0 Å². The maximum Gasteiger partial charge on any atom is 0.271 e. The minimum atomic E-state index is -0.288. The minimum Gasteiger partial charge on any atom is -0.490 e. The number of carbonyl (C=O) groups is 1. The molecule has 0 saturated carbocycles. The Kier molecular flexibility index (Phi) is 8.57. The highest BCUT2D eigenvalue weighted by molar-refractivity contribution is 5.96. The van der Waals surface area contributed by atoms with E-state index in [-0.39, 0.29) is 5.91 Å². The molecule has 1 aliphatic heterocycles. The monoisotopic (exact) mass is 391 g/mol. The molecule has 0 spiro atoms. The normalized spacial score (nSPS) is 14.7. The second kappa shape index (κ2) is 10.9. The summed E-state index contributed by atoms with van der Waals surface area (Å²) in [5.41, 5.74) is 4.13. The lowest BCUT2D eigenvalue weighted by atomic mass is 10.1. The number of nitrogens with one attached hydrogen (secondary N) is 1. The van der Waals surface area contributed by atoms with Crippen LogP contribution < -0.4 is 19.6 Å². The molecule has 2 rings (SSSR count).